The van der Waals surface area contributed by atoms with Crippen LogP contribution in [0.25, 0.3) is 10.9 Å². The van der Waals surface area contributed by atoms with Crippen molar-refractivity contribution in [2.24, 2.45) is 13.0 Å². The summed E-state index contributed by atoms with van der Waals surface area (Å²) in [6, 6.07) is 22.2. The molecule has 2 unspecified atom stereocenters. The van der Waals surface area contributed by atoms with Crippen LogP contribution in [0.5, 0.6) is 5.75 Å². The van der Waals surface area contributed by atoms with Gasteiger partial charge < -0.3 is 9.30 Å². The molecule has 0 saturated carbocycles. The van der Waals surface area contributed by atoms with Crippen LogP contribution >= 0.6 is 15.9 Å². The minimum Gasteiger partial charge on any atom is -0.423 e. The van der Waals surface area contributed by atoms with Crippen LogP contribution in [-0.2, 0) is 17.3 Å². The van der Waals surface area contributed by atoms with Crippen LogP contribution in [0.15, 0.2) is 83.3 Å². The summed E-state index contributed by atoms with van der Waals surface area (Å²) in [6.07, 6.45) is -4.85. The second kappa shape index (κ2) is 7.24. The topological polar surface area (TPSA) is 31.2 Å². The van der Waals surface area contributed by atoms with Crippen molar-refractivity contribution in [1.82, 2.24) is 4.57 Å². The number of carbonyl (C=O) groups is 1. The number of carbonyl (C=O) groups excluding carboxylic acids is 1. The van der Waals surface area contributed by atoms with Gasteiger partial charge in [-0.3, -0.25) is 4.79 Å². The summed E-state index contributed by atoms with van der Waals surface area (Å²) in [5, 5.41) is 0.594. The Morgan fingerprint density at radius 2 is 1.50 bits per heavy atom. The maximum atomic E-state index is 14.7. The molecule has 1 aliphatic rings. The van der Waals surface area contributed by atoms with Gasteiger partial charge in [-0.15, -0.1) is 0 Å². The van der Waals surface area contributed by atoms with Crippen molar-refractivity contribution in [3.63, 3.8) is 0 Å². The van der Waals surface area contributed by atoms with Crippen LogP contribution in [0, 0.1) is 5.92 Å². The van der Waals surface area contributed by atoms with E-state index >= 15 is 0 Å². The van der Waals surface area contributed by atoms with Gasteiger partial charge >= 0.3 is 12.1 Å². The molecule has 7 heteroatoms. The molecule has 162 valence electrons. The van der Waals surface area contributed by atoms with Crippen LogP contribution in [0.3, 0.4) is 0 Å². The summed E-state index contributed by atoms with van der Waals surface area (Å²) >= 11 is 3.37. The fourth-order valence-electron chi connectivity index (χ4n) is 4.94. The average molecular weight is 500 g/mol. The molecule has 32 heavy (non-hydrogen) atoms. The number of ether oxygens (including phenoxy) is 1. The third-order valence-electron chi connectivity index (χ3n) is 6.16. The van der Waals surface area contributed by atoms with Gasteiger partial charge in [-0.2, -0.15) is 13.2 Å². The number of benzene rings is 3. The largest absolute Gasteiger partial charge is 0.423 e. The van der Waals surface area contributed by atoms with Gasteiger partial charge in [0.25, 0.3) is 0 Å². The molecule has 4 aromatic rings. The first-order valence-corrected chi connectivity index (χ1v) is 10.7. The Bertz CT molecular complexity index is 1330. The maximum absolute atomic E-state index is 14.7. The summed E-state index contributed by atoms with van der Waals surface area (Å²) in [6.45, 7) is 0. The lowest BCUT2D eigenvalue weighted by molar-refractivity contribution is -0.203. The minimum absolute atomic E-state index is 0.167. The highest BCUT2D eigenvalue weighted by atomic mass is 79.9. The van der Waals surface area contributed by atoms with E-state index in [9.17, 15) is 18.0 Å². The van der Waals surface area contributed by atoms with Gasteiger partial charge in [-0.1, -0.05) is 70.5 Å². The molecule has 0 amide bonds. The molecule has 0 aliphatic carbocycles. The Morgan fingerprint density at radius 1 is 0.906 bits per heavy atom. The Hall–Kier alpha value is -3.06. The Kier molecular flexibility index (Phi) is 4.71. The lowest BCUT2D eigenvalue weighted by atomic mass is 9.62. The van der Waals surface area contributed by atoms with E-state index in [1.165, 1.54) is 0 Å². The number of halogens is 4. The van der Waals surface area contributed by atoms with Crippen molar-refractivity contribution >= 4 is 32.8 Å². The van der Waals surface area contributed by atoms with Crippen molar-refractivity contribution in [3.8, 4) is 5.75 Å². The number of esters is 1. The molecule has 0 fully saturated rings. The zero-order valence-electron chi connectivity index (χ0n) is 16.9. The molecule has 0 N–H and O–H groups in total. The number of nitrogens with zero attached hydrogens (tertiary/aromatic N) is 1. The molecule has 2 atom stereocenters. The molecule has 3 nitrogen and oxygen atoms in total. The predicted molar refractivity (Wildman–Crippen MR) is 119 cm³/mol. The second-order valence-electron chi connectivity index (χ2n) is 7.83. The van der Waals surface area contributed by atoms with Crippen LogP contribution in [0.1, 0.15) is 16.8 Å². The minimum atomic E-state index is -4.85. The van der Waals surface area contributed by atoms with E-state index in [4.69, 9.17) is 4.74 Å². The fraction of sp³-hybridized carbons (Fsp3) is 0.160. The summed E-state index contributed by atoms with van der Waals surface area (Å²) < 4.78 is 52.0. The van der Waals surface area contributed by atoms with E-state index in [-0.39, 0.29) is 5.75 Å². The Morgan fingerprint density at radius 3 is 2.16 bits per heavy atom. The summed E-state index contributed by atoms with van der Waals surface area (Å²) in [5.41, 5.74) is -0.121. The van der Waals surface area contributed by atoms with Crippen LogP contribution < -0.4 is 4.74 Å². The number of aromatic nitrogens is 1. The predicted octanol–water partition coefficient (Wildman–Crippen LogP) is 6.37. The van der Waals surface area contributed by atoms with E-state index in [2.05, 4.69) is 15.9 Å². The zero-order chi connectivity index (χ0) is 22.7. The van der Waals surface area contributed by atoms with Gasteiger partial charge in [0.2, 0.25) is 0 Å². The molecule has 0 spiro atoms. The Labute approximate surface area is 190 Å². The molecule has 0 saturated heterocycles. The van der Waals surface area contributed by atoms with Crippen LogP contribution in [0.2, 0.25) is 0 Å². The molecular formula is C25H17BrF3NO2. The summed E-state index contributed by atoms with van der Waals surface area (Å²) in [4.78, 5) is 13.1. The molecule has 0 radical (unpaired) electrons. The van der Waals surface area contributed by atoms with E-state index < -0.39 is 23.5 Å². The summed E-state index contributed by atoms with van der Waals surface area (Å²) in [5.74, 6) is -3.57. The molecule has 3 aromatic carbocycles. The molecule has 5 rings (SSSR count). The number of fused-ring (bicyclic) bond motifs is 3. The normalized spacial score (nSPS) is 20.8. The third-order valence-corrected chi connectivity index (χ3v) is 6.69. The lowest BCUT2D eigenvalue weighted by Gasteiger charge is -2.44. The van der Waals surface area contributed by atoms with Gasteiger partial charge in [0.15, 0.2) is 11.7 Å². The number of alkyl halides is 3. The number of hydrogen-bond acceptors (Lipinski definition) is 2. The third kappa shape index (κ3) is 2.84. The number of hydrogen-bond donors (Lipinski definition) is 0. The SMILES string of the molecule is Cn1c2c(c3ccccc31)OC(=O)C(C(F)(F)F)C2(c1ccccc1)c1ccc(Br)cc1. The standard InChI is InChI=1S/C25H17BrF3NO2/c1-30-19-10-6-5-9-18(19)20-22(30)24(15-7-3-2-4-8-15,16-11-13-17(26)14-12-16)21(23(31)32-20)25(27,28)29/h2-14,21H,1H3. The van der Waals surface area contributed by atoms with Crippen molar-refractivity contribution < 1.29 is 22.7 Å². The highest BCUT2D eigenvalue weighted by Crippen LogP contribution is 2.58. The fourth-order valence-corrected chi connectivity index (χ4v) is 5.21. The molecule has 2 heterocycles. The van der Waals surface area contributed by atoms with E-state index in [1.54, 1.807) is 90.5 Å². The van der Waals surface area contributed by atoms with E-state index in [0.717, 1.165) is 4.47 Å². The molecular weight excluding hydrogens is 483 g/mol. The highest BCUT2D eigenvalue weighted by Gasteiger charge is 2.65. The van der Waals surface area contributed by atoms with Gasteiger partial charge in [0.05, 0.1) is 16.6 Å². The first kappa shape index (κ1) is 20.8. The van der Waals surface area contributed by atoms with E-state index in [1.807, 2.05) is 0 Å². The monoisotopic (exact) mass is 499 g/mol. The van der Waals surface area contributed by atoms with Crippen molar-refractivity contribution in [2.75, 3.05) is 0 Å². The smallest absolute Gasteiger partial charge is 0.403 e. The first-order chi connectivity index (χ1) is 15.3. The summed E-state index contributed by atoms with van der Waals surface area (Å²) in [7, 11) is 1.71. The number of para-hydroxylation sites is 1. The molecule has 1 aromatic heterocycles. The average Bonchev–Trinajstić information content (AvgIpc) is 3.05. The van der Waals surface area contributed by atoms with Crippen molar-refractivity contribution in [3.05, 3.63) is 100 Å². The first-order valence-electron chi connectivity index (χ1n) is 9.94. The lowest BCUT2D eigenvalue weighted by Crippen LogP contribution is -2.54. The van der Waals surface area contributed by atoms with Gasteiger partial charge in [0.1, 0.15) is 0 Å². The number of aryl methyl sites for hydroxylation is 1. The van der Waals surface area contributed by atoms with Crippen LogP contribution in [-0.4, -0.2) is 16.7 Å². The second-order valence-corrected chi connectivity index (χ2v) is 8.75. The molecule has 1 aliphatic heterocycles. The van der Waals surface area contributed by atoms with Gasteiger partial charge in [0, 0.05) is 16.9 Å². The van der Waals surface area contributed by atoms with Gasteiger partial charge in [-0.05, 0) is 35.4 Å². The van der Waals surface area contributed by atoms with Crippen LogP contribution in [0.4, 0.5) is 13.2 Å². The number of rotatable bonds is 2. The Balaban J connectivity index is 2.02. The highest BCUT2D eigenvalue weighted by molar-refractivity contribution is 9.10. The maximum Gasteiger partial charge on any atom is 0.403 e. The van der Waals surface area contributed by atoms with Crippen molar-refractivity contribution in [2.45, 2.75) is 11.6 Å². The van der Waals surface area contributed by atoms with E-state index in [0.29, 0.717) is 27.7 Å². The van der Waals surface area contributed by atoms with Crippen molar-refractivity contribution in [1.29, 1.82) is 0 Å². The zero-order valence-corrected chi connectivity index (χ0v) is 18.4. The quantitative estimate of drug-likeness (QED) is 0.300. The molecule has 0 bridgehead atoms. The van der Waals surface area contributed by atoms with Gasteiger partial charge in [-0.25, -0.2) is 0 Å².